The van der Waals surface area contributed by atoms with Crippen molar-refractivity contribution in [3.8, 4) is 11.5 Å². The van der Waals surface area contributed by atoms with Gasteiger partial charge in [-0.25, -0.2) is 0 Å². The second-order valence-corrected chi connectivity index (χ2v) is 8.68. The molecule has 1 N–H and O–H groups in total. The van der Waals surface area contributed by atoms with Crippen LogP contribution in [0.3, 0.4) is 0 Å². The minimum Gasteiger partial charge on any atom is -0.490 e. The fourth-order valence-electron chi connectivity index (χ4n) is 4.64. The molecule has 2 aromatic carbocycles. The van der Waals surface area contributed by atoms with Crippen LogP contribution in [-0.4, -0.2) is 67.0 Å². The van der Waals surface area contributed by atoms with Gasteiger partial charge in [-0.05, 0) is 36.2 Å². The molecule has 2 aliphatic heterocycles. The van der Waals surface area contributed by atoms with Crippen LogP contribution in [0, 0.1) is 0 Å². The molecule has 2 aliphatic rings. The number of hydrogen-bond acceptors (Lipinski definition) is 6. The number of anilines is 1. The highest BCUT2D eigenvalue weighted by molar-refractivity contribution is 6.06. The molecule has 3 amide bonds. The third kappa shape index (κ3) is 5.99. The highest BCUT2D eigenvalue weighted by Gasteiger charge is 2.37. The predicted molar refractivity (Wildman–Crippen MR) is 130 cm³/mol. The lowest BCUT2D eigenvalue weighted by molar-refractivity contribution is -0.136. The molecule has 0 radical (unpaired) electrons. The van der Waals surface area contributed by atoms with Gasteiger partial charge in [-0.3, -0.25) is 14.4 Å². The maximum Gasteiger partial charge on any atom is 0.387 e. The van der Waals surface area contributed by atoms with Crippen LogP contribution in [0.1, 0.15) is 47.8 Å². The second kappa shape index (κ2) is 11.5. The zero-order valence-electron chi connectivity index (χ0n) is 20.7. The molecule has 37 heavy (non-hydrogen) atoms. The maximum atomic E-state index is 13.7. The molecule has 9 nitrogen and oxygen atoms in total. The summed E-state index contributed by atoms with van der Waals surface area (Å²) in [4.78, 5) is 41.9. The van der Waals surface area contributed by atoms with Crippen LogP contribution in [0.25, 0.3) is 0 Å². The molecule has 1 saturated heterocycles. The van der Waals surface area contributed by atoms with Crippen LogP contribution in [0.2, 0.25) is 0 Å². The second-order valence-electron chi connectivity index (χ2n) is 8.68. The third-order valence-corrected chi connectivity index (χ3v) is 6.25. The Balaban J connectivity index is 1.71. The Labute approximate surface area is 213 Å². The van der Waals surface area contributed by atoms with Gasteiger partial charge in [0.2, 0.25) is 11.8 Å². The standard InChI is InChI=1S/C26H29F2N3O6/c1-3-36-22-13-17(7-8-21(22)37-26(27)28)20(14-23(33)30-9-11-35-12-10-30)31-15-18-5-4-6-19(29-16(2)32)24(18)25(31)34/h4-8,13,20,26H,3,9-12,14-15H2,1-2H3,(H,29,32). The minimum absolute atomic E-state index is 0.0319. The molecule has 2 heterocycles. The van der Waals surface area contributed by atoms with Crippen molar-refractivity contribution in [2.24, 2.45) is 0 Å². The first kappa shape index (κ1) is 26.3. The average Bonchev–Trinajstić information content (AvgIpc) is 3.20. The average molecular weight is 518 g/mol. The maximum absolute atomic E-state index is 13.7. The van der Waals surface area contributed by atoms with Crippen LogP contribution in [-0.2, 0) is 20.9 Å². The smallest absolute Gasteiger partial charge is 0.387 e. The van der Waals surface area contributed by atoms with Gasteiger partial charge >= 0.3 is 6.61 Å². The molecule has 1 atom stereocenters. The van der Waals surface area contributed by atoms with Crippen molar-refractivity contribution >= 4 is 23.4 Å². The Hall–Kier alpha value is -3.73. The number of nitrogens with zero attached hydrogens (tertiary/aromatic N) is 2. The molecule has 0 saturated carbocycles. The number of hydrogen-bond donors (Lipinski definition) is 1. The molecule has 1 unspecified atom stereocenters. The Morgan fingerprint density at radius 1 is 1.14 bits per heavy atom. The monoisotopic (exact) mass is 517 g/mol. The van der Waals surface area contributed by atoms with E-state index in [4.69, 9.17) is 9.47 Å². The van der Waals surface area contributed by atoms with E-state index >= 15 is 0 Å². The zero-order valence-corrected chi connectivity index (χ0v) is 20.7. The number of benzene rings is 2. The number of carbonyl (C=O) groups excluding carboxylic acids is 3. The van der Waals surface area contributed by atoms with E-state index in [0.29, 0.717) is 48.7 Å². The van der Waals surface area contributed by atoms with Crippen molar-refractivity contribution in [3.05, 3.63) is 53.1 Å². The van der Waals surface area contributed by atoms with E-state index in [-0.39, 0.29) is 48.8 Å². The molecular weight excluding hydrogens is 488 g/mol. The van der Waals surface area contributed by atoms with E-state index in [0.717, 1.165) is 0 Å². The number of amides is 3. The molecule has 0 aliphatic carbocycles. The Morgan fingerprint density at radius 2 is 1.89 bits per heavy atom. The summed E-state index contributed by atoms with van der Waals surface area (Å²) in [5, 5.41) is 2.70. The van der Waals surface area contributed by atoms with Gasteiger partial charge < -0.3 is 29.3 Å². The largest absolute Gasteiger partial charge is 0.490 e. The molecule has 4 rings (SSSR count). The van der Waals surface area contributed by atoms with E-state index in [1.54, 1.807) is 41.0 Å². The summed E-state index contributed by atoms with van der Waals surface area (Å²) in [6, 6.07) is 8.92. The van der Waals surface area contributed by atoms with Crippen LogP contribution in [0.15, 0.2) is 36.4 Å². The number of carbonyl (C=O) groups is 3. The molecule has 0 aromatic heterocycles. The van der Waals surface area contributed by atoms with Crippen molar-refractivity contribution in [1.29, 1.82) is 0 Å². The quantitative estimate of drug-likeness (QED) is 0.546. The normalized spacial score (nSPS) is 16.0. The SMILES string of the molecule is CCOc1cc(C(CC(=O)N2CCOCC2)N2Cc3cccc(NC(C)=O)c3C2=O)ccc1OC(F)F. The van der Waals surface area contributed by atoms with Gasteiger partial charge in [0.05, 0.1) is 43.5 Å². The van der Waals surface area contributed by atoms with Crippen molar-refractivity contribution in [2.45, 2.75) is 39.5 Å². The highest BCUT2D eigenvalue weighted by atomic mass is 19.3. The molecular formula is C26H29F2N3O6. The lowest BCUT2D eigenvalue weighted by Crippen LogP contribution is -2.42. The summed E-state index contributed by atoms with van der Waals surface area (Å²) < 4.78 is 41.3. The number of ether oxygens (including phenoxy) is 3. The molecule has 11 heteroatoms. The molecule has 198 valence electrons. The van der Waals surface area contributed by atoms with Gasteiger partial charge in [-0.2, -0.15) is 8.78 Å². The van der Waals surface area contributed by atoms with Crippen LogP contribution in [0.5, 0.6) is 11.5 Å². The lowest BCUT2D eigenvalue weighted by atomic mass is 10.00. The first-order valence-electron chi connectivity index (χ1n) is 12.1. The Morgan fingerprint density at radius 3 is 2.57 bits per heavy atom. The third-order valence-electron chi connectivity index (χ3n) is 6.25. The zero-order chi connectivity index (χ0) is 26.5. The summed E-state index contributed by atoms with van der Waals surface area (Å²) >= 11 is 0. The molecule has 1 fully saturated rings. The van der Waals surface area contributed by atoms with E-state index in [1.807, 2.05) is 0 Å². The van der Waals surface area contributed by atoms with E-state index in [9.17, 15) is 23.2 Å². The Bertz CT molecular complexity index is 1170. The summed E-state index contributed by atoms with van der Waals surface area (Å²) in [7, 11) is 0. The number of fused-ring (bicyclic) bond motifs is 1. The number of nitrogens with one attached hydrogen (secondary N) is 1. The first-order valence-corrected chi connectivity index (χ1v) is 12.1. The number of rotatable bonds is 9. The number of halogens is 2. The molecule has 0 spiro atoms. The van der Waals surface area contributed by atoms with Crippen LogP contribution >= 0.6 is 0 Å². The number of morpholine rings is 1. The van der Waals surface area contributed by atoms with Gasteiger partial charge in [0.25, 0.3) is 5.91 Å². The van der Waals surface area contributed by atoms with Crippen LogP contribution < -0.4 is 14.8 Å². The fraction of sp³-hybridized carbons (Fsp3) is 0.423. The first-order chi connectivity index (χ1) is 17.8. The topological polar surface area (TPSA) is 97.4 Å². The summed E-state index contributed by atoms with van der Waals surface area (Å²) in [5.41, 5.74) is 2.01. The predicted octanol–water partition coefficient (Wildman–Crippen LogP) is 3.59. The Kier molecular flexibility index (Phi) is 8.22. The minimum atomic E-state index is -3.04. The van der Waals surface area contributed by atoms with Gasteiger partial charge in [-0.15, -0.1) is 0 Å². The van der Waals surface area contributed by atoms with Gasteiger partial charge in [0.15, 0.2) is 11.5 Å². The molecule has 0 bridgehead atoms. The summed E-state index contributed by atoms with van der Waals surface area (Å²) in [6.45, 7) is 2.19. The summed E-state index contributed by atoms with van der Waals surface area (Å²) in [6.07, 6.45) is -0.0319. The van der Waals surface area contributed by atoms with Gasteiger partial charge in [0, 0.05) is 26.6 Å². The van der Waals surface area contributed by atoms with Crippen molar-refractivity contribution in [2.75, 3.05) is 38.2 Å². The molecule has 2 aromatic rings. The van der Waals surface area contributed by atoms with E-state index in [2.05, 4.69) is 10.1 Å². The van der Waals surface area contributed by atoms with E-state index in [1.165, 1.54) is 19.1 Å². The number of alkyl halides is 2. The van der Waals surface area contributed by atoms with Gasteiger partial charge in [0.1, 0.15) is 0 Å². The fourth-order valence-corrected chi connectivity index (χ4v) is 4.64. The lowest BCUT2D eigenvalue weighted by Gasteiger charge is -2.32. The van der Waals surface area contributed by atoms with E-state index < -0.39 is 12.7 Å². The van der Waals surface area contributed by atoms with Crippen molar-refractivity contribution in [3.63, 3.8) is 0 Å². The van der Waals surface area contributed by atoms with Crippen LogP contribution in [0.4, 0.5) is 14.5 Å². The summed E-state index contributed by atoms with van der Waals surface area (Å²) in [5.74, 6) is -0.861. The van der Waals surface area contributed by atoms with Crippen molar-refractivity contribution in [1.82, 2.24) is 9.80 Å². The van der Waals surface area contributed by atoms with Crippen molar-refractivity contribution < 1.29 is 37.4 Å². The van der Waals surface area contributed by atoms with Gasteiger partial charge in [-0.1, -0.05) is 18.2 Å². The highest BCUT2D eigenvalue weighted by Crippen LogP contribution is 2.40.